The second-order valence-electron chi connectivity index (χ2n) is 9.80. The van der Waals surface area contributed by atoms with Crippen molar-refractivity contribution in [2.24, 2.45) is 0 Å². The number of anilines is 1. The predicted octanol–water partition coefficient (Wildman–Crippen LogP) is 4.48. The molecule has 1 aromatic carbocycles. The van der Waals surface area contributed by atoms with E-state index in [-0.39, 0.29) is 0 Å². The number of piperazine rings is 1. The van der Waals surface area contributed by atoms with Crippen molar-refractivity contribution in [2.45, 2.75) is 62.8 Å². The van der Waals surface area contributed by atoms with Gasteiger partial charge in [0.2, 0.25) is 5.95 Å². The number of benzene rings is 1. The second-order valence-corrected chi connectivity index (χ2v) is 11.3. The molecule has 9 heteroatoms. The monoisotopic (exact) mass is 495 g/mol. The quantitative estimate of drug-likeness (QED) is 0.464. The summed E-state index contributed by atoms with van der Waals surface area (Å²) in [4.78, 5) is 12.6. The fourth-order valence-corrected chi connectivity index (χ4v) is 6.17. The average molecular weight is 496 g/mol. The normalized spacial score (nSPS) is 19.3. The molecule has 1 N–H and O–H groups in total. The third-order valence-electron chi connectivity index (χ3n) is 7.21. The van der Waals surface area contributed by atoms with Crippen LogP contribution in [0.1, 0.15) is 57.9 Å². The van der Waals surface area contributed by atoms with E-state index in [0.29, 0.717) is 12.0 Å². The number of rotatable bonds is 8. The lowest BCUT2D eigenvalue weighted by Gasteiger charge is -2.31. The van der Waals surface area contributed by atoms with Crippen molar-refractivity contribution < 1.29 is 4.21 Å². The van der Waals surface area contributed by atoms with Crippen LogP contribution in [0, 0.1) is 0 Å². The Labute approximate surface area is 210 Å². The van der Waals surface area contributed by atoms with Crippen molar-refractivity contribution in [3.63, 3.8) is 0 Å². The Hall–Kier alpha value is -2.36. The van der Waals surface area contributed by atoms with Crippen molar-refractivity contribution in [1.29, 1.82) is 0 Å². The minimum Gasteiger partial charge on any atom is -0.354 e. The van der Waals surface area contributed by atoms with E-state index in [9.17, 15) is 4.21 Å². The van der Waals surface area contributed by atoms with Gasteiger partial charge < -0.3 is 10.2 Å². The maximum atomic E-state index is 13.1. The van der Waals surface area contributed by atoms with Crippen molar-refractivity contribution in [2.75, 3.05) is 45.1 Å². The largest absolute Gasteiger partial charge is 0.354 e. The number of aromatic nitrogens is 4. The maximum Gasteiger partial charge on any atom is 0.224 e. The predicted molar refractivity (Wildman–Crippen MR) is 142 cm³/mol. The van der Waals surface area contributed by atoms with E-state index in [0.717, 1.165) is 85.6 Å². The minimum atomic E-state index is -1.13. The molecule has 5 rings (SSSR count). The van der Waals surface area contributed by atoms with E-state index >= 15 is 0 Å². The molecule has 2 aliphatic rings. The Balaban J connectivity index is 1.44. The van der Waals surface area contributed by atoms with Gasteiger partial charge in [-0.15, -0.1) is 0 Å². The third-order valence-corrected chi connectivity index (χ3v) is 8.72. The van der Waals surface area contributed by atoms with Crippen LogP contribution in [0.25, 0.3) is 22.3 Å². The lowest BCUT2D eigenvalue weighted by Crippen LogP contribution is -2.45. The van der Waals surface area contributed by atoms with Gasteiger partial charge in [-0.1, -0.05) is 44.7 Å². The zero-order valence-corrected chi connectivity index (χ0v) is 21.8. The fourth-order valence-electron chi connectivity index (χ4n) is 5.01. The van der Waals surface area contributed by atoms with Gasteiger partial charge in [0.05, 0.1) is 16.3 Å². The molecule has 8 nitrogen and oxygen atoms in total. The van der Waals surface area contributed by atoms with Crippen LogP contribution in [0.15, 0.2) is 35.4 Å². The van der Waals surface area contributed by atoms with E-state index in [4.69, 9.17) is 10.1 Å². The summed E-state index contributed by atoms with van der Waals surface area (Å²) in [5.41, 5.74) is 2.83. The number of unbranched alkanes of at least 4 members (excludes halogenated alkanes) is 1. The van der Waals surface area contributed by atoms with E-state index in [1.165, 1.54) is 19.3 Å². The molecule has 3 aromatic rings. The van der Waals surface area contributed by atoms with Gasteiger partial charge in [-0.2, -0.15) is 10.1 Å². The number of hydrogen-bond donors (Lipinski definition) is 1. The van der Waals surface area contributed by atoms with Crippen molar-refractivity contribution in [1.82, 2.24) is 29.0 Å². The summed E-state index contributed by atoms with van der Waals surface area (Å²) >= 11 is 0. The Kier molecular flexibility index (Phi) is 7.75. The molecule has 188 valence electrons. The summed E-state index contributed by atoms with van der Waals surface area (Å²) in [5.74, 6) is 0.674. The number of fused-ring (bicyclic) bond motifs is 1. The standard InChI is InChI=1S/C26H37N7OS/c1-3-4-14-27-26-28-19-23-24(30-33(25(23)29-26)21-8-6-5-7-9-21)20-10-12-22(13-11-20)35(34)32-17-15-31(2)16-18-32/h10-13,19,21H,3-9,14-18H2,1-2H3,(H,27,28,29). The van der Waals surface area contributed by atoms with Crippen LogP contribution in [0.5, 0.6) is 0 Å². The summed E-state index contributed by atoms with van der Waals surface area (Å²) in [5, 5.41) is 9.43. The highest BCUT2D eigenvalue weighted by molar-refractivity contribution is 7.82. The Morgan fingerprint density at radius 2 is 1.80 bits per heavy atom. The first-order valence-electron chi connectivity index (χ1n) is 13.1. The van der Waals surface area contributed by atoms with Gasteiger partial charge >= 0.3 is 0 Å². The molecule has 0 amide bonds. The van der Waals surface area contributed by atoms with Crippen molar-refractivity contribution in [3.8, 4) is 11.3 Å². The fraction of sp³-hybridized carbons (Fsp3) is 0.577. The Morgan fingerprint density at radius 3 is 2.51 bits per heavy atom. The van der Waals surface area contributed by atoms with Crippen molar-refractivity contribution in [3.05, 3.63) is 30.5 Å². The summed E-state index contributed by atoms with van der Waals surface area (Å²) < 4.78 is 17.3. The van der Waals surface area contributed by atoms with E-state index in [1.807, 2.05) is 30.5 Å². The van der Waals surface area contributed by atoms with Crippen LogP contribution in [-0.4, -0.2) is 72.9 Å². The van der Waals surface area contributed by atoms with Crippen LogP contribution in [-0.2, 0) is 11.0 Å². The van der Waals surface area contributed by atoms with E-state index in [1.54, 1.807) is 0 Å². The first-order valence-corrected chi connectivity index (χ1v) is 14.2. The molecular weight excluding hydrogens is 458 g/mol. The van der Waals surface area contributed by atoms with E-state index in [2.05, 4.69) is 38.2 Å². The number of nitrogens with zero attached hydrogens (tertiary/aromatic N) is 6. The lowest BCUT2D eigenvalue weighted by atomic mass is 9.96. The second kappa shape index (κ2) is 11.1. The van der Waals surface area contributed by atoms with Gasteiger partial charge in [0.1, 0.15) is 16.7 Å². The third kappa shape index (κ3) is 5.42. The average Bonchev–Trinajstić information content (AvgIpc) is 3.28. The SMILES string of the molecule is CCCCNc1ncc2c(-c3ccc(S(=O)N4CCN(C)CC4)cc3)nn(C3CCCCC3)c2n1. The van der Waals surface area contributed by atoms with Crippen LogP contribution >= 0.6 is 0 Å². The van der Waals surface area contributed by atoms with Crippen molar-refractivity contribution >= 4 is 28.0 Å². The van der Waals surface area contributed by atoms with Gasteiger partial charge in [0, 0.05) is 44.5 Å². The van der Waals surface area contributed by atoms with E-state index < -0.39 is 11.0 Å². The zero-order chi connectivity index (χ0) is 24.2. The van der Waals surface area contributed by atoms with Gasteiger partial charge in [-0.05, 0) is 38.4 Å². The van der Waals surface area contributed by atoms with Gasteiger partial charge in [0.25, 0.3) is 0 Å². The Morgan fingerprint density at radius 1 is 1.06 bits per heavy atom. The summed E-state index contributed by atoms with van der Waals surface area (Å²) in [6.45, 7) is 6.61. The molecule has 2 fully saturated rings. The highest BCUT2D eigenvalue weighted by atomic mass is 32.2. The van der Waals surface area contributed by atoms with Crippen LogP contribution in [0.3, 0.4) is 0 Å². The lowest BCUT2D eigenvalue weighted by molar-refractivity contribution is 0.228. The molecule has 1 saturated carbocycles. The molecule has 0 bridgehead atoms. The summed E-state index contributed by atoms with van der Waals surface area (Å²) in [6, 6.07) is 8.43. The number of nitrogens with one attached hydrogen (secondary N) is 1. The minimum absolute atomic E-state index is 0.377. The van der Waals surface area contributed by atoms with Gasteiger partial charge in [0.15, 0.2) is 5.65 Å². The van der Waals surface area contributed by atoms with Crippen LogP contribution in [0.4, 0.5) is 5.95 Å². The maximum absolute atomic E-state index is 13.1. The Bertz CT molecular complexity index is 1150. The van der Waals surface area contributed by atoms with Gasteiger partial charge in [-0.25, -0.2) is 18.2 Å². The van der Waals surface area contributed by atoms with Crippen LogP contribution < -0.4 is 5.32 Å². The zero-order valence-electron chi connectivity index (χ0n) is 20.9. The molecular formula is C26H37N7OS. The molecule has 1 atom stereocenters. The smallest absolute Gasteiger partial charge is 0.224 e. The number of likely N-dealkylation sites (N-methyl/N-ethyl adjacent to an activating group) is 1. The molecule has 1 aliphatic carbocycles. The molecule has 0 spiro atoms. The highest BCUT2D eigenvalue weighted by Gasteiger charge is 2.24. The summed E-state index contributed by atoms with van der Waals surface area (Å²) in [7, 11) is 0.976. The molecule has 35 heavy (non-hydrogen) atoms. The van der Waals surface area contributed by atoms with Crippen LogP contribution in [0.2, 0.25) is 0 Å². The molecule has 2 aromatic heterocycles. The molecule has 0 radical (unpaired) electrons. The topological polar surface area (TPSA) is 79.2 Å². The first-order chi connectivity index (χ1) is 17.1. The first kappa shape index (κ1) is 24.3. The van der Waals surface area contributed by atoms with Gasteiger partial charge in [-0.3, -0.25) is 0 Å². The summed E-state index contributed by atoms with van der Waals surface area (Å²) in [6.07, 6.45) is 10.2. The molecule has 1 unspecified atom stereocenters. The molecule has 3 heterocycles. The highest BCUT2D eigenvalue weighted by Crippen LogP contribution is 2.34. The number of hydrogen-bond acceptors (Lipinski definition) is 6. The molecule has 1 saturated heterocycles. The molecule has 1 aliphatic heterocycles.